The van der Waals surface area contributed by atoms with Crippen LogP contribution in [0.15, 0.2) is 0 Å². The Morgan fingerprint density at radius 1 is 1.54 bits per heavy atom. The van der Waals surface area contributed by atoms with Crippen LogP contribution >= 0.6 is 11.8 Å². The number of hydrogen-bond donors (Lipinski definition) is 0. The third kappa shape index (κ3) is 2.38. The molecular formula is C10H20FNS. The van der Waals surface area contributed by atoms with Gasteiger partial charge in [-0.05, 0) is 33.4 Å². The highest BCUT2D eigenvalue weighted by atomic mass is 32.2. The van der Waals surface area contributed by atoms with E-state index in [1.54, 1.807) is 11.8 Å². The molecule has 1 heterocycles. The molecule has 0 saturated carbocycles. The van der Waals surface area contributed by atoms with Crippen LogP contribution in [0.25, 0.3) is 0 Å². The molecule has 0 aromatic rings. The molecular weight excluding hydrogens is 185 g/mol. The Morgan fingerprint density at radius 3 is 2.62 bits per heavy atom. The minimum absolute atomic E-state index is 0.144. The summed E-state index contributed by atoms with van der Waals surface area (Å²) in [4.78, 5) is 2.32. The van der Waals surface area contributed by atoms with Crippen LogP contribution in [0.1, 0.15) is 27.2 Å². The fourth-order valence-corrected chi connectivity index (χ4v) is 3.09. The molecule has 1 rings (SSSR count). The second-order valence-electron chi connectivity index (χ2n) is 4.16. The number of hydrogen-bond acceptors (Lipinski definition) is 2. The number of halogens is 1. The summed E-state index contributed by atoms with van der Waals surface area (Å²) in [6.45, 7) is 6.44. The molecule has 13 heavy (non-hydrogen) atoms. The maximum absolute atomic E-state index is 13.6. The standard InChI is InChI=1S/C10H20FNS/c1-7(2)12-8(3)5-9(11)10(12)6-13-4/h7-10H,5-6H2,1-4H3. The van der Waals surface area contributed by atoms with E-state index in [9.17, 15) is 4.39 Å². The summed E-state index contributed by atoms with van der Waals surface area (Å²) in [6.07, 6.45) is 2.14. The highest BCUT2D eigenvalue weighted by molar-refractivity contribution is 7.98. The molecule has 0 aromatic carbocycles. The van der Waals surface area contributed by atoms with Crippen LogP contribution in [0.5, 0.6) is 0 Å². The Morgan fingerprint density at radius 2 is 2.15 bits per heavy atom. The van der Waals surface area contributed by atoms with Crippen LogP contribution in [-0.4, -0.2) is 41.2 Å². The third-order valence-corrected chi connectivity index (χ3v) is 3.48. The molecule has 3 heteroatoms. The lowest BCUT2D eigenvalue weighted by molar-refractivity contribution is 0.147. The molecule has 0 N–H and O–H groups in total. The van der Waals surface area contributed by atoms with Gasteiger partial charge in [-0.2, -0.15) is 11.8 Å². The van der Waals surface area contributed by atoms with Crippen molar-refractivity contribution in [3.63, 3.8) is 0 Å². The molecule has 1 nitrogen and oxygen atoms in total. The lowest BCUT2D eigenvalue weighted by Crippen LogP contribution is -2.43. The van der Waals surface area contributed by atoms with Crippen LogP contribution in [0, 0.1) is 0 Å². The SMILES string of the molecule is CSCC1C(F)CC(C)N1C(C)C. The largest absolute Gasteiger partial charge is 0.291 e. The monoisotopic (exact) mass is 205 g/mol. The van der Waals surface area contributed by atoms with Crippen molar-refractivity contribution >= 4 is 11.8 Å². The summed E-state index contributed by atoms with van der Waals surface area (Å²) >= 11 is 1.74. The highest BCUT2D eigenvalue weighted by Gasteiger charge is 2.39. The van der Waals surface area contributed by atoms with Gasteiger partial charge in [-0.25, -0.2) is 4.39 Å². The van der Waals surface area contributed by atoms with E-state index in [0.717, 1.165) is 5.75 Å². The molecule has 0 aromatic heterocycles. The van der Waals surface area contributed by atoms with Gasteiger partial charge in [0.2, 0.25) is 0 Å². The Labute approximate surface area is 85.1 Å². The fourth-order valence-electron chi connectivity index (χ4n) is 2.37. The van der Waals surface area contributed by atoms with Crippen molar-refractivity contribution < 1.29 is 4.39 Å². The number of alkyl halides is 1. The maximum atomic E-state index is 13.6. The molecule has 3 unspecified atom stereocenters. The van der Waals surface area contributed by atoms with Crippen LogP contribution < -0.4 is 0 Å². The molecule has 0 spiro atoms. The van der Waals surface area contributed by atoms with Crippen molar-refractivity contribution in [3.8, 4) is 0 Å². The summed E-state index contributed by atoms with van der Waals surface area (Å²) in [6, 6.07) is 1.02. The normalized spacial score (nSPS) is 36.0. The van der Waals surface area contributed by atoms with E-state index < -0.39 is 6.17 Å². The Kier molecular flexibility index (Phi) is 4.05. The van der Waals surface area contributed by atoms with E-state index in [1.165, 1.54) is 0 Å². The number of likely N-dealkylation sites (tertiary alicyclic amines) is 1. The molecule has 1 saturated heterocycles. The van der Waals surface area contributed by atoms with Gasteiger partial charge in [0.1, 0.15) is 6.17 Å². The summed E-state index contributed by atoms with van der Waals surface area (Å²) < 4.78 is 13.6. The summed E-state index contributed by atoms with van der Waals surface area (Å²) in [5.74, 6) is 0.920. The average molecular weight is 205 g/mol. The fraction of sp³-hybridized carbons (Fsp3) is 1.00. The first kappa shape index (κ1) is 11.3. The van der Waals surface area contributed by atoms with Crippen molar-refractivity contribution in [3.05, 3.63) is 0 Å². The van der Waals surface area contributed by atoms with E-state index >= 15 is 0 Å². The Bertz CT molecular complexity index is 163. The van der Waals surface area contributed by atoms with Crippen LogP contribution in [-0.2, 0) is 0 Å². The lowest BCUT2D eigenvalue weighted by atomic mass is 10.2. The van der Waals surface area contributed by atoms with Gasteiger partial charge in [0, 0.05) is 17.8 Å². The maximum Gasteiger partial charge on any atom is 0.118 e. The molecule has 1 aliphatic rings. The minimum atomic E-state index is -0.621. The quantitative estimate of drug-likeness (QED) is 0.696. The molecule has 0 bridgehead atoms. The zero-order valence-corrected chi connectivity index (χ0v) is 9.77. The van der Waals surface area contributed by atoms with Gasteiger partial charge >= 0.3 is 0 Å². The van der Waals surface area contributed by atoms with E-state index in [-0.39, 0.29) is 6.04 Å². The smallest absolute Gasteiger partial charge is 0.118 e. The number of rotatable bonds is 3. The summed E-state index contributed by atoms with van der Waals surface area (Å²) in [5.41, 5.74) is 0. The molecule has 1 fully saturated rings. The third-order valence-electron chi connectivity index (χ3n) is 2.81. The van der Waals surface area contributed by atoms with Crippen LogP contribution in [0.4, 0.5) is 4.39 Å². The summed E-state index contributed by atoms with van der Waals surface area (Å²) in [7, 11) is 0. The van der Waals surface area contributed by atoms with Crippen molar-refractivity contribution in [2.45, 2.75) is 51.5 Å². The zero-order chi connectivity index (χ0) is 10.0. The molecule has 3 atom stereocenters. The van der Waals surface area contributed by atoms with E-state index in [0.29, 0.717) is 18.5 Å². The number of nitrogens with zero attached hydrogens (tertiary/aromatic N) is 1. The first-order valence-electron chi connectivity index (χ1n) is 4.98. The second-order valence-corrected chi connectivity index (χ2v) is 5.08. The first-order valence-corrected chi connectivity index (χ1v) is 6.37. The van der Waals surface area contributed by atoms with Crippen molar-refractivity contribution in [2.24, 2.45) is 0 Å². The average Bonchev–Trinajstić information content (AvgIpc) is 2.27. The first-order chi connectivity index (χ1) is 6.07. The van der Waals surface area contributed by atoms with Crippen molar-refractivity contribution in [1.29, 1.82) is 0 Å². The van der Waals surface area contributed by atoms with Gasteiger partial charge < -0.3 is 0 Å². The van der Waals surface area contributed by atoms with Crippen molar-refractivity contribution in [2.75, 3.05) is 12.0 Å². The number of thioether (sulfide) groups is 1. The van der Waals surface area contributed by atoms with Gasteiger partial charge in [0.15, 0.2) is 0 Å². The molecule has 0 aliphatic carbocycles. The van der Waals surface area contributed by atoms with Gasteiger partial charge in [-0.3, -0.25) is 4.90 Å². The predicted octanol–water partition coefficient (Wildman–Crippen LogP) is 2.56. The molecule has 1 aliphatic heterocycles. The van der Waals surface area contributed by atoms with Crippen LogP contribution in [0.3, 0.4) is 0 Å². The lowest BCUT2D eigenvalue weighted by Gasteiger charge is -2.31. The molecule has 0 radical (unpaired) electrons. The van der Waals surface area contributed by atoms with Gasteiger partial charge in [0.25, 0.3) is 0 Å². The molecule has 78 valence electrons. The second kappa shape index (κ2) is 4.65. The predicted molar refractivity (Wildman–Crippen MR) is 58.1 cm³/mol. The van der Waals surface area contributed by atoms with E-state index in [4.69, 9.17) is 0 Å². The topological polar surface area (TPSA) is 3.24 Å². The van der Waals surface area contributed by atoms with E-state index in [2.05, 4.69) is 25.7 Å². The van der Waals surface area contributed by atoms with Crippen molar-refractivity contribution in [1.82, 2.24) is 4.90 Å². The van der Waals surface area contributed by atoms with Gasteiger partial charge in [-0.1, -0.05) is 0 Å². The van der Waals surface area contributed by atoms with Crippen LogP contribution in [0.2, 0.25) is 0 Å². The highest BCUT2D eigenvalue weighted by Crippen LogP contribution is 2.30. The van der Waals surface area contributed by atoms with Gasteiger partial charge in [0.05, 0.1) is 6.04 Å². The Hall–Kier alpha value is 0.240. The minimum Gasteiger partial charge on any atom is -0.291 e. The Balaban J connectivity index is 2.65. The summed E-state index contributed by atoms with van der Waals surface area (Å²) in [5, 5.41) is 0. The van der Waals surface area contributed by atoms with Gasteiger partial charge in [-0.15, -0.1) is 0 Å². The molecule has 0 amide bonds. The van der Waals surface area contributed by atoms with E-state index in [1.807, 2.05) is 6.26 Å². The zero-order valence-electron chi connectivity index (χ0n) is 8.96.